The summed E-state index contributed by atoms with van der Waals surface area (Å²) in [5.41, 5.74) is 0.795. The summed E-state index contributed by atoms with van der Waals surface area (Å²) in [5, 5.41) is 3.30. The quantitative estimate of drug-likeness (QED) is 0.872. The van der Waals surface area contributed by atoms with Crippen LogP contribution in [0.3, 0.4) is 0 Å². The predicted molar refractivity (Wildman–Crippen MR) is 67.2 cm³/mol. The van der Waals surface area contributed by atoms with Crippen LogP contribution in [-0.4, -0.2) is 33.3 Å². The van der Waals surface area contributed by atoms with Gasteiger partial charge in [0.1, 0.15) is 17.7 Å². The molecule has 1 fully saturated rings. The van der Waals surface area contributed by atoms with Crippen molar-refractivity contribution in [3.8, 4) is 5.75 Å². The van der Waals surface area contributed by atoms with Crippen LogP contribution in [0.5, 0.6) is 5.75 Å². The van der Waals surface area contributed by atoms with Gasteiger partial charge in [0, 0.05) is 20.2 Å². The molecule has 1 aromatic carbocycles. The Kier molecular flexibility index (Phi) is 3.84. The molecule has 0 atom stereocenters. The zero-order chi connectivity index (χ0) is 12.3. The Morgan fingerprint density at radius 2 is 2.00 bits per heavy atom. The summed E-state index contributed by atoms with van der Waals surface area (Å²) in [6.07, 6.45) is 2.24. The number of hydrogen-bond donors (Lipinski definition) is 1. The molecular formula is C13H19FN2O. The van der Waals surface area contributed by atoms with E-state index in [0.29, 0.717) is 0 Å². The highest BCUT2D eigenvalue weighted by Crippen LogP contribution is 2.29. The largest absolute Gasteiger partial charge is 0.488 e. The molecule has 0 aliphatic carbocycles. The van der Waals surface area contributed by atoms with Gasteiger partial charge < -0.3 is 15.0 Å². The number of halogens is 1. The minimum Gasteiger partial charge on any atom is -0.488 e. The fourth-order valence-electron chi connectivity index (χ4n) is 2.03. The Labute approximate surface area is 102 Å². The van der Waals surface area contributed by atoms with Crippen LogP contribution in [0.15, 0.2) is 18.2 Å². The van der Waals surface area contributed by atoms with Gasteiger partial charge in [-0.1, -0.05) is 0 Å². The number of ether oxygens (including phenoxy) is 1. The van der Waals surface area contributed by atoms with Crippen LogP contribution >= 0.6 is 0 Å². The summed E-state index contributed by atoms with van der Waals surface area (Å²) in [7, 11) is 3.79. The third-order valence-corrected chi connectivity index (χ3v) is 2.98. The number of rotatable bonds is 3. The molecule has 1 aliphatic heterocycles. The van der Waals surface area contributed by atoms with E-state index in [1.165, 1.54) is 12.1 Å². The maximum absolute atomic E-state index is 13.2. The molecular weight excluding hydrogens is 219 g/mol. The minimum atomic E-state index is -0.230. The molecule has 3 nitrogen and oxygen atoms in total. The maximum atomic E-state index is 13.2. The SMILES string of the molecule is CN(C)c1cc(F)ccc1OC1CCNCC1. The van der Waals surface area contributed by atoms with Gasteiger partial charge >= 0.3 is 0 Å². The molecule has 0 radical (unpaired) electrons. The lowest BCUT2D eigenvalue weighted by Gasteiger charge is -2.26. The standard InChI is InChI=1S/C13H19FN2O/c1-16(2)12-9-10(14)3-4-13(12)17-11-5-7-15-8-6-11/h3-4,9,11,15H,5-8H2,1-2H3. The number of hydrogen-bond acceptors (Lipinski definition) is 3. The molecule has 1 heterocycles. The van der Waals surface area contributed by atoms with Crippen molar-refractivity contribution in [2.24, 2.45) is 0 Å². The van der Waals surface area contributed by atoms with Gasteiger partial charge in [-0.05, 0) is 38.1 Å². The third-order valence-electron chi connectivity index (χ3n) is 2.98. The molecule has 1 aliphatic rings. The van der Waals surface area contributed by atoms with E-state index in [-0.39, 0.29) is 11.9 Å². The lowest BCUT2D eigenvalue weighted by molar-refractivity contribution is 0.163. The molecule has 0 aromatic heterocycles. The zero-order valence-corrected chi connectivity index (χ0v) is 10.4. The van der Waals surface area contributed by atoms with Gasteiger partial charge in [-0.25, -0.2) is 4.39 Å². The van der Waals surface area contributed by atoms with E-state index in [1.54, 1.807) is 6.07 Å². The maximum Gasteiger partial charge on any atom is 0.143 e. The van der Waals surface area contributed by atoms with Crippen molar-refractivity contribution in [1.82, 2.24) is 5.32 Å². The van der Waals surface area contributed by atoms with Gasteiger partial charge in [-0.2, -0.15) is 0 Å². The van der Waals surface area contributed by atoms with Crippen molar-refractivity contribution in [3.05, 3.63) is 24.0 Å². The summed E-state index contributed by atoms with van der Waals surface area (Å²) < 4.78 is 19.1. The van der Waals surface area contributed by atoms with Gasteiger partial charge in [0.25, 0.3) is 0 Å². The van der Waals surface area contributed by atoms with Crippen LogP contribution in [0.1, 0.15) is 12.8 Å². The van der Waals surface area contributed by atoms with E-state index in [4.69, 9.17) is 4.74 Å². The smallest absolute Gasteiger partial charge is 0.143 e. The molecule has 17 heavy (non-hydrogen) atoms. The Morgan fingerprint density at radius 1 is 1.29 bits per heavy atom. The third kappa shape index (κ3) is 3.09. The first-order chi connectivity index (χ1) is 8.16. The number of anilines is 1. The van der Waals surface area contributed by atoms with Crippen molar-refractivity contribution in [2.75, 3.05) is 32.1 Å². The Bertz CT molecular complexity index is 376. The second-order valence-corrected chi connectivity index (χ2v) is 4.57. The Balaban J connectivity index is 2.13. The average Bonchev–Trinajstić information content (AvgIpc) is 2.32. The van der Waals surface area contributed by atoms with E-state index >= 15 is 0 Å². The van der Waals surface area contributed by atoms with Crippen molar-refractivity contribution in [2.45, 2.75) is 18.9 Å². The van der Waals surface area contributed by atoms with Crippen LogP contribution in [0.25, 0.3) is 0 Å². The van der Waals surface area contributed by atoms with E-state index in [2.05, 4.69) is 5.32 Å². The van der Waals surface area contributed by atoms with Crippen LogP contribution in [0.4, 0.5) is 10.1 Å². The van der Waals surface area contributed by atoms with Gasteiger partial charge in [0.05, 0.1) is 5.69 Å². The van der Waals surface area contributed by atoms with Crippen LogP contribution in [0, 0.1) is 5.82 Å². The first-order valence-electron chi connectivity index (χ1n) is 6.01. The highest BCUT2D eigenvalue weighted by atomic mass is 19.1. The summed E-state index contributed by atoms with van der Waals surface area (Å²) in [4.78, 5) is 1.87. The second-order valence-electron chi connectivity index (χ2n) is 4.57. The number of nitrogens with zero attached hydrogens (tertiary/aromatic N) is 1. The van der Waals surface area contributed by atoms with E-state index in [1.807, 2.05) is 19.0 Å². The van der Waals surface area contributed by atoms with Crippen LogP contribution in [0.2, 0.25) is 0 Å². The number of nitrogens with one attached hydrogen (secondary N) is 1. The Morgan fingerprint density at radius 3 is 2.65 bits per heavy atom. The van der Waals surface area contributed by atoms with Crippen LogP contribution in [-0.2, 0) is 0 Å². The van der Waals surface area contributed by atoms with Crippen LogP contribution < -0.4 is 15.0 Å². The van der Waals surface area contributed by atoms with E-state index in [0.717, 1.165) is 37.4 Å². The normalized spacial score (nSPS) is 16.9. The molecule has 2 rings (SSSR count). The molecule has 4 heteroatoms. The molecule has 1 N–H and O–H groups in total. The van der Waals surface area contributed by atoms with Crippen molar-refractivity contribution >= 4 is 5.69 Å². The summed E-state index contributed by atoms with van der Waals surface area (Å²) >= 11 is 0. The summed E-state index contributed by atoms with van der Waals surface area (Å²) in [5.74, 6) is 0.537. The molecule has 0 amide bonds. The molecule has 0 unspecified atom stereocenters. The van der Waals surface area contributed by atoms with E-state index < -0.39 is 0 Å². The lowest BCUT2D eigenvalue weighted by atomic mass is 10.1. The first kappa shape index (κ1) is 12.2. The van der Waals surface area contributed by atoms with Crippen molar-refractivity contribution in [1.29, 1.82) is 0 Å². The van der Waals surface area contributed by atoms with Gasteiger partial charge in [0.2, 0.25) is 0 Å². The summed E-state index contributed by atoms with van der Waals surface area (Å²) in [6, 6.07) is 4.67. The average molecular weight is 238 g/mol. The number of benzene rings is 1. The molecule has 0 bridgehead atoms. The van der Waals surface area contributed by atoms with Crippen molar-refractivity contribution < 1.29 is 9.13 Å². The van der Waals surface area contributed by atoms with E-state index in [9.17, 15) is 4.39 Å². The van der Waals surface area contributed by atoms with Crippen molar-refractivity contribution in [3.63, 3.8) is 0 Å². The molecule has 1 aromatic rings. The Hall–Kier alpha value is -1.29. The molecule has 0 saturated carbocycles. The van der Waals surface area contributed by atoms with Gasteiger partial charge in [-0.3, -0.25) is 0 Å². The first-order valence-corrected chi connectivity index (χ1v) is 6.01. The molecule has 1 saturated heterocycles. The van der Waals surface area contributed by atoms with Gasteiger partial charge in [0.15, 0.2) is 0 Å². The lowest BCUT2D eigenvalue weighted by Crippen LogP contribution is -2.34. The second kappa shape index (κ2) is 5.36. The fraction of sp³-hybridized carbons (Fsp3) is 0.538. The van der Waals surface area contributed by atoms with Gasteiger partial charge in [-0.15, -0.1) is 0 Å². The fourth-order valence-corrected chi connectivity index (χ4v) is 2.03. The minimum absolute atomic E-state index is 0.230. The topological polar surface area (TPSA) is 24.5 Å². The highest BCUT2D eigenvalue weighted by Gasteiger charge is 2.17. The summed E-state index contributed by atoms with van der Waals surface area (Å²) in [6.45, 7) is 1.98. The predicted octanol–water partition coefficient (Wildman–Crippen LogP) is 2.02. The molecule has 94 valence electrons. The molecule has 0 spiro atoms. The number of piperidine rings is 1. The zero-order valence-electron chi connectivity index (χ0n) is 10.4. The highest BCUT2D eigenvalue weighted by molar-refractivity contribution is 5.57. The monoisotopic (exact) mass is 238 g/mol.